The van der Waals surface area contributed by atoms with Crippen molar-refractivity contribution in [3.05, 3.63) is 20.6 Å². The molecule has 0 atom stereocenters. The summed E-state index contributed by atoms with van der Waals surface area (Å²) in [4.78, 5) is 11.5. The lowest BCUT2D eigenvalue weighted by Crippen LogP contribution is -2.09. The molecule has 1 rings (SSSR count). The first kappa shape index (κ1) is 12.3. The van der Waals surface area contributed by atoms with Crippen LogP contribution in [0, 0.1) is 0 Å². The number of nitrogen functional groups attached to an aromatic ring is 1. The van der Waals surface area contributed by atoms with Crippen LogP contribution < -0.4 is 5.73 Å². The zero-order valence-corrected chi connectivity index (χ0v) is 11.1. The van der Waals surface area contributed by atoms with Crippen molar-refractivity contribution in [3.8, 4) is 5.75 Å². The fourth-order valence-electron chi connectivity index (χ4n) is 1.04. The summed E-state index contributed by atoms with van der Waals surface area (Å²) in [5.41, 5.74) is 5.74. The number of nitrogens with two attached hydrogens (primary N) is 1. The van der Waals surface area contributed by atoms with Gasteiger partial charge in [0.15, 0.2) is 5.75 Å². The summed E-state index contributed by atoms with van der Waals surface area (Å²) >= 11 is 6.29. The van der Waals surface area contributed by atoms with Crippen LogP contribution in [0.3, 0.4) is 0 Å². The molecule has 3 N–H and O–H groups in total. The lowest BCUT2D eigenvalue weighted by atomic mass is 10.1. The Hall–Kier alpha value is -0.750. The molecule has 0 aliphatic rings. The Kier molecular flexibility index (Phi) is 3.98. The molecule has 0 amide bonds. The molecule has 0 aliphatic carbocycles. The van der Waals surface area contributed by atoms with Crippen LogP contribution in [0.15, 0.2) is 15.0 Å². The Morgan fingerprint density at radius 1 is 1.53 bits per heavy atom. The van der Waals surface area contributed by atoms with Gasteiger partial charge in [-0.25, -0.2) is 4.79 Å². The van der Waals surface area contributed by atoms with Gasteiger partial charge in [-0.1, -0.05) is 0 Å². The van der Waals surface area contributed by atoms with Gasteiger partial charge in [0.2, 0.25) is 0 Å². The number of hydrogen-bond donors (Lipinski definition) is 2. The number of carbonyl (C=O) groups is 1. The molecule has 15 heavy (non-hydrogen) atoms. The van der Waals surface area contributed by atoms with Gasteiger partial charge in [-0.15, -0.1) is 0 Å². The van der Waals surface area contributed by atoms with Gasteiger partial charge in [-0.3, -0.25) is 0 Å². The summed E-state index contributed by atoms with van der Waals surface area (Å²) in [5, 5.41) is 9.53. The Labute approximate surface area is 104 Å². The molecule has 82 valence electrons. The molecular weight excluding hydrogens is 330 g/mol. The number of ether oxygens (including phenoxy) is 1. The third-order valence-corrected chi connectivity index (χ3v) is 2.95. The number of halogens is 2. The van der Waals surface area contributed by atoms with Crippen molar-refractivity contribution < 1.29 is 14.6 Å². The van der Waals surface area contributed by atoms with E-state index in [-0.39, 0.29) is 23.6 Å². The Morgan fingerprint density at radius 3 is 2.67 bits per heavy atom. The van der Waals surface area contributed by atoms with Crippen molar-refractivity contribution in [1.82, 2.24) is 0 Å². The summed E-state index contributed by atoms with van der Waals surface area (Å²) in [5.74, 6) is -0.731. The van der Waals surface area contributed by atoms with Crippen LogP contribution in [0.1, 0.15) is 17.3 Å². The smallest absolute Gasteiger partial charge is 0.341 e. The number of carbonyl (C=O) groups excluding carboxylic acids is 1. The molecule has 0 heterocycles. The molecule has 1 aromatic carbocycles. The monoisotopic (exact) mass is 337 g/mol. The van der Waals surface area contributed by atoms with Gasteiger partial charge in [0.05, 0.1) is 16.8 Å². The van der Waals surface area contributed by atoms with E-state index in [2.05, 4.69) is 31.9 Å². The number of anilines is 1. The first-order valence-corrected chi connectivity index (χ1v) is 5.71. The lowest BCUT2D eigenvalue weighted by Gasteiger charge is -2.10. The highest BCUT2D eigenvalue weighted by Crippen LogP contribution is 2.37. The van der Waals surface area contributed by atoms with Crippen LogP contribution in [0.4, 0.5) is 5.69 Å². The van der Waals surface area contributed by atoms with E-state index in [1.807, 2.05) is 0 Å². The van der Waals surface area contributed by atoms with E-state index < -0.39 is 5.97 Å². The minimum Gasteiger partial charge on any atom is -0.505 e. The summed E-state index contributed by atoms with van der Waals surface area (Å²) < 4.78 is 5.70. The number of phenolic OH excluding ortho intramolecular Hbond substituents is 1. The van der Waals surface area contributed by atoms with Gasteiger partial charge in [0.25, 0.3) is 0 Å². The Morgan fingerprint density at radius 2 is 2.13 bits per heavy atom. The van der Waals surface area contributed by atoms with Crippen molar-refractivity contribution >= 4 is 43.5 Å². The molecule has 0 spiro atoms. The van der Waals surface area contributed by atoms with Crippen LogP contribution in [0.5, 0.6) is 5.75 Å². The Bertz CT molecular complexity index is 407. The van der Waals surface area contributed by atoms with Gasteiger partial charge >= 0.3 is 5.97 Å². The third-order valence-electron chi connectivity index (χ3n) is 1.72. The number of rotatable bonds is 2. The standard InChI is InChI=1S/C9H9Br2NO3/c1-2-15-9(14)6-4(10)3-5(11)8(13)7(6)12/h3,13H,2,12H2,1H3. The van der Waals surface area contributed by atoms with Crippen LogP contribution in [-0.4, -0.2) is 17.7 Å². The van der Waals surface area contributed by atoms with E-state index in [4.69, 9.17) is 10.5 Å². The largest absolute Gasteiger partial charge is 0.505 e. The quantitative estimate of drug-likeness (QED) is 0.494. The fraction of sp³-hybridized carbons (Fsp3) is 0.222. The molecule has 6 heteroatoms. The number of hydrogen-bond acceptors (Lipinski definition) is 4. The van der Waals surface area contributed by atoms with Crippen molar-refractivity contribution in [3.63, 3.8) is 0 Å². The zero-order valence-electron chi connectivity index (χ0n) is 7.88. The molecule has 0 radical (unpaired) electrons. The summed E-state index contributed by atoms with van der Waals surface area (Å²) in [6.45, 7) is 1.95. The summed E-state index contributed by atoms with van der Waals surface area (Å²) in [6, 6.07) is 1.54. The third kappa shape index (κ3) is 2.43. The highest BCUT2D eigenvalue weighted by molar-refractivity contribution is 9.11. The van der Waals surface area contributed by atoms with Crippen molar-refractivity contribution in [2.45, 2.75) is 6.92 Å². The highest BCUT2D eigenvalue weighted by atomic mass is 79.9. The Balaban J connectivity index is 3.29. The van der Waals surface area contributed by atoms with Crippen molar-refractivity contribution in [1.29, 1.82) is 0 Å². The number of esters is 1. The fourth-order valence-corrected chi connectivity index (χ4v) is 2.39. The maximum Gasteiger partial charge on any atom is 0.341 e. The molecule has 1 aromatic rings. The molecule has 4 nitrogen and oxygen atoms in total. The maximum absolute atomic E-state index is 11.5. The van der Waals surface area contributed by atoms with E-state index >= 15 is 0 Å². The molecule has 0 fully saturated rings. The SMILES string of the molecule is CCOC(=O)c1c(Br)cc(Br)c(O)c1N. The maximum atomic E-state index is 11.5. The van der Waals surface area contributed by atoms with E-state index in [9.17, 15) is 9.90 Å². The number of aromatic hydroxyl groups is 1. The first-order chi connectivity index (χ1) is 6.99. The van der Waals surface area contributed by atoms with Gasteiger partial charge in [0.1, 0.15) is 5.56 Å². The van der Waals surface area contributed by atoms with Gasteiger partial charge < -0.3 is 15.6 Å². The predicted molar refractivity (Wildman–Crippen MR) is 63.9 cm³/mol. The van der Waals surface area contributed by atoms with Crippen LogP contribution in [0.2, 0.25) is 0 Å². The lowest BCUT2D eigenvalue weighted by molar-refractivity contribution is 0.0526. The molecule has 0 bridgehead atoms. The predicted octanol–water partition coefficient (Wildman–Crippen LogP) is 2.68. The summed E-state index contributed by atoms with van der Waals surface area (Å²) in [7, 11) is 0. The molecule has 0 aliphatic heterocycles. The second-order valence-corrected chi connectivity index (χ2v) is 4.41. The second-order valence-electron chi connectivity index (χ2n) is 2.70. The molecule has 0 unspecified atom stereocenters. The van der Waals surface area contributed by atoms with E-state index in [1.54, 1.807) is 6.92 Å². The minimum atomic E-state index is -0.565. The second kappa shape index (κ2) is 4.85. The van der Waals surface area contributed by atoms with Gasteiger partial charge in [-0.2, -0.15) is 0 Å². The molecule has 0 saturated heterocycles. The van der Waals surface area contributed by atoms with Crippen LogP contribution in [0.25, 0.3) is 0 Å². The van der Waals surface area contributed by atoms with E-state index in [1.165, 1.54) is 6.07 Å². The number of benzene rings is 1. The molecule has 0 saturated carbocycles. The summed E-state index contributed by atoms with van der Waals surface area (Å²) in [6.07, 6.45) is 0. The minimum absolute atomic E-state index is 0.00491. The topological polar surface area (TPSA) is 72.5 Å². The molecular formula is C9H9Br2NO3. The molecule has 0 aromatic heterocycles. The van der Waals surface area contributed by atoms with Crippen LogP contribution in [-0.2, 0) is 4.74 Å². The number of phenols is 1. The van der Waals surface area contributed by atoms with E-state index in [0.717, 1.165) is 0 Å². The first-order valence-electron chi connectivity index (χ1n) is 4.12. The highest BCUT2D eigenvalue weighted by Gasteiger charge is 2.19. The average molecular weight is 339 g/mol. The van der Waals surface area contributed by atoms with Crippen molar-refractivity contribution in [2.75, 3.05) is 12.3 Å². The van der Waals surface area contributed by atoms with Gasteiger partial charge in [0, 0.05) is 4.47 Å². The average Bonchev–Trinajstić information content (AvgIpc) is 2.15. The van der Waals surface area contributed by atoms with E-state index in [0.29, 0.717) is 8.95 Å². The van der Waals surface area contributed by atoms with Crippen LogP contribution >= 0.6 is 31.9 Å². The normalized spacial score (nSPS) is 10.1. The zero-order chi connectivity index (χ0) is 11.6. The van der Waals surface area contributed by atoms with Crippen molar-refractivity contribution in [2.24, 2.45) is 0 Å². The van der Waals surface area contributed by atoms with Gasteiger partial charge in [-0.05, 0) is 44.8 Å².